The summed E-state index contributed by atoms with van der Waals surface area (Å²) in [7, 11) is 0. The molecule has 0 radical (unpaired) electrons. The zero-order valence-electron chi connectivity index (χ0n) is 53.8. The Bertz CT molecular complexity index is 1530. The number of ether oxygens (including phenoxy) is 3. The zero-order valence-corrected chi connectivity index (χ0v) is 53.8. The lowest BCUT2D eigenvalue weighted by atomic mass is 10.0. The largest absolute Gasteiger partial charge is 0.462 e. The third-order valence-electron chi connectivity index (χ3n) is 15.4. The number of unbranched alkanes of at least 4 members (excludes halogenated alkanes) is 39. The third kappa shape index (κ3) is 67.3. The van der Waals surface area contributed by atoms with Crippen LogP contribution in [0.5, 0.6) is 0 Å². The van der Waals surface area contributed by atoms with Gasteiger partial charge in [-0.15, -0.1) is 0 Å². The van der Waals surface area contributed by atoms with Crippen molar-refractivity contribution < 1.29 is 28.6 Å². The summed E-state index contributed by atoms with van der Waals surface area (Å²) in [6.07, 6.45) is 92.4. The summed E-state index contributed by atoms with van der Waals surface area (Å²) in [5, 5.41) is 0. The Balaban J connectivity index is 3.96. The van der Waals surface area contributed by atoms with Crippen LogP contribution in [0.1, 0.15) is 355 Å². The molecule has 1 unspecified atom stereocenters. The van der Waals surface area contributed by atoms with Crippen LogP contribution in [-0.4, -0.2) is 37.2 Å². The van der Waals surface area contributed by atoms with Crippen LogP contribution < -0.4 is 0 Å². The highest BCUT2D eigenvalue weighted by atomic mass is 16.6. The molecule has 0 fully saturated rings. The number of carbonyl (C=O) groups excluding carboxylic acids is 3. The van der Waals surface area contributed by atoms with Gasteiger partial charge in [0.15, 0.2) is 6.10 Å². The van der Waals surface area contributed by atoms with Gasteiger partial charge in [-0.05, 0) is 96.3 Å². The molecule has 0 aliphatic rings. The van der Waals surface area contributed by atoms with E-state index in [0.29, 0.717) is 19.3 Å². The van der Waals surface area contributed by atoms with Crippen molar-refractivity contribution in [3.05, 3.63) is 85.1 Å². The van der Waals surface area contributed by atoms with Crippen molar-refractivity contribution in [3.63, 3.8) is 0 Å². The maximum Gasteiger partial charge on any atom is 0.306 e. The molecule has 0 aliphatic heterocycles. The van der Waals surface area contributed by atoms with Crippen LogP contribution in [0.4, 0.5) is 0 Å². The van der Waals surface area contributed by atoms with Gasteiger partial charge in [0.25, 0.3) is 0 Å². The average Bonchev–Trinajstić information content (AvgIpc) is 3.47. The number of esters is 3. The number of hydrogen-bond acceptors (Lipinski definition) is 6. The minimum Gasteiger partial charge on any atom is -0.462 e. The topological polar surface area (TPSA) is 78.9 Å². The van der Waals surface area contributed by atoms with Crippen molar-refractivity contribution in [2.45, 2.75) is 361 Å². The first kappa shape index (κ1) is 77.6. The van der Waals surface area contributed by atoms with Gasteiger partial charge in [-0.2, -0.15) is 0 Å². The van der Waals surface area contributed by atoms with Crippen molar-refractivity contribution >= 4 is 17.9 Å². The number of allylic oxidation sites excluding steroid dienone is 14. The Morgan fingerprint density at radius 1 is 0.259 bits per heavy atom. The van der Waals surface area contributed by atoms with E-state index in [2.05, 4.69) is 106 Å². The molecule has 0 N–H and O–H groups in total. The fraction of sp³-hybridized carbons (Fsp3) is 0.773. The fourth-order valence-electron chi connectivity index (χ4n) is 10.2. The van der Waals surface area contributed by atoms with E-state index in [1.54, 1.807) is 0 Å². The number of carbonyl (C=O) groups is 3. The Morgan fingerprint density at radius 2 is 0.481 bits per heavy atom. The molecule has 0 rings (SSSR count). The van der Waals surface area contributed by atoms with Crippen molar-refractivity contribution in [2.75, 3.05) is 13.2 Å². The van der Waals surface area contributed by atoms with E-state index in [4.69, 9.17) is 14.2 Å². The summed E-state index contributed by atoms with van der Waals surface area (Å²) in [6, 6.07) is 0. The van der Waals surface area contributed by atoms with Crippen LogP contribution in [0.15, 0.2) is 85.1 Å². The monoisotopic (exact) mass is 1130 g/mol. The second kappa shape index (κ2) is 69.1. The minimum absolute atomic E-state index is 0.0726. The van der Waals surface area contributed by atoms with Gasteiger partial charge in [-0.3, -0.25) is 14.4 Å². The molecular formula is C75H132O6. The molecule has 0 heterocycles. The summed E-state index contributed by atoms with van der Waals surface area (Å²) in [5.41, 5.74) is 0. The fourth-order valence-corrected chi connectivity index (χ4v) is 10.2. The molecule has 6 heteroatoms. The van der Waals surface area contributed by atoms with E-state index < -0.39 is 6.10 Å². The van der Waals surface area contributed by atoms with Crippen LogP contribution >= 0.6 is 0 Å². The Hall–Kier alpha value is -3.41. The predicted molar refractivity (Wildman–Crippen MR) is 353 cm³/mol. The number of rotatable bonds is 64. The van der Waals surface area contributed by atoms with E-state index in [1.165, 1.54) is 212 Å². The highest BCUT2D eigenvalue weighted by Crippen LogP contribution is 2.18. The second-order valence-electron chi connectivity index (χ2n) is 23.4. The van der Waals surface area contributed by atoms with Crippen LogP contribution in [0.2, 0.25) is 0 Å². The first-order valence-electron chi connectivity index (χ1n) is 35.1. The molecule has 0 aromatic carbocycles. The average molecular weight is 1130 g/mol. The minimum atomic E-state index is -0.772. The smallest absolute Gasteiger partial charge is 0.306 e. The molecule has 0 aliphatic carbocycles. The van der Waals surface area contributed by atoms with Gasteiger partial charge < -0.3 is 14.2 Å². The Morgan fingerprint density at radius 3 is 0.753 bits per heavy atom. The summed E-state index contributed by atoms with van der Waals surface area (Å²) in [4.78, 5) is 38.0. The van der Waals surface area contributed by atoms with Crippen molar-refractivity contribution in [1.29, 1.82) is 0 Å². The van der Waals surface area contributed by atoms with Gasteiger partial charge >= 0.3 is 17.9 Å². The quantitative estimate of drug-likeness (QED) is 0.0261. The molecule has 81 heavy (non-hydrogen) atoms. The molecule has 468 valence electrons. The lowest BCUT2D eigenvalue weighted by molar-refractivity contribution is -0.167. The van der Waals surface area contributed by atoms with Crippen LogP contribution in [0.25, 0.3) is 0 Å². The van der Waals surface area contributed by atoms with Crippen LogP contribution in [0.3, 0.4) is 0 Å². The third-order valence-corrected chi connectivity index (χ3v) is 15.4. The Labute approximate surface area is 503 Å². The zero-order chi connectivity index (χ0) is 58.5. The van der Waals surface area contributed by atoms with Gasteiger partial charge in [0.1, 0.15) is 13.2 Å². The molecule has 6 nitrogen and oxygen atoms in total. The molecule has 1 atom stereocenters. The van der Waals surface area contributed by atoms with Gasteiger partial charge in [0.2, 0.25) is 0 Å². The van der Waals surface area contributed by atoms with E-state index >= 15 is 0 Å². The summed E-state index contributed by atoms with van der Waals surface area (Å²) >= 11 is 0. The van der Waals surface area contributed by atoms with Crippen LogP contribution in [0, 0.1) is 0 Å². The highest BCUT2D eigenvalue weighted by Gasteiger charge is 2.19. The van der Waals surface area contributed by atoms with Gasteiger partial charge in [0.05, 0.1) is 0 Å². The van der Waals surface area contributed by atoms with Gasteiger partial charge in [0, 0.05) is 19.3 Å². The van der Waals surface area contributed by atoms with Crippen molar-refractivity contribution in [2.24, 2.45) is 0 Å². The normalized spacial score (nSPS) is 12.6. The number of hydrogen-bond donors (Lipinski definition) is 0. The van der Waals surface area contributed by atoms with Gasteiger partial charge in [-0.1, -0.05) is 324 Å². The standard InChI is InChI=1S/C75H132O6/c1-4-7-10-13-15-17-19-21-23-25-27-29-31-33-35-36-37-38-40-41-43-45-47-49-51-53-55-57-59-62-65-68-74(77)80-71-72(70-79-73(76)67-64-61-12-9-6-3)81-75(78)69-66-63-60-58-56-54-52-50-48-46-44-42-39-34-32-30-28-26-24-22-20-18-16-14-11-8-5-2/h7,10,15,17,20-23,26-29,33,35,72H,4-6,8-9,11-14,16,18-19,24-25,30-32,34,36-71H2,1-3H3/b10-7-,17-15-,22-20-,23-21-,28-26-,29-27-,35-33-. The molecule has 0 saturated carbocycles. The molecule has 0 aromatic heterocycles. The molecule has 0 amide bonds. The van der Waals surface area contributed by atoms with Crippen molar-refractivity contribution in [1.82, 2.24) is 0 Å². The summed E-state index contributed by atoms with van der Waals surface area (Å²) in [6.45, 7) is 6.48. The molecule has 0 spiro atoms. The van der Waals surface area contributed by atoms with Gasteiger partial charge in [-0.25, -0.2) is 0 Å². The Kier molecular flexibility index (Phi) is 66.2. The maximum atomic E-state index is 12.9. The van der Waals surface area contributed by atoms with E-state index in [-0.39, 0.29) is 31.1 Å². The maximum absolute atomic E-state index is 12.9. The highest BCUT2D eigenvalue weighted by molar-refractivity contribution is 5.71. The lowest BCUT2D eigenvalue weighted by Gasteiger charge is -2.18. The molecular weight excluding hydrogens is 997 g/mol. The first-order chi connectivity index (χ1) is 40.0. The van der Waals surface area contributed by atoms with E-state index in [0.717, 1.165) is 103 Å². The molecule has 0 aromatic rings. The lowest BCUT2D eigenvalue weighted by Crippen LogP contribution is -2.30. The summed E-state index contributed by atoms with van der Waals surface area (Å²) in [5.74, 6) is -0.870. The first-order valence-corrected chi connectivity index (χ1v) is 35.1. The van der Waals surface area contributed by atoms with Crippen molar-refractivity contribution in [3.8, 4) is 0 Å². The van der Waals surface area contributed by atoms with E-state index in [9.17, 15) is 14.4 Å². The van der Waals surface area contributed by atoms with Crippen LogP contribution in [-0.2, 0) is 28.6 Å². The molecule has 0 bridgehead atoms. The van der Waals surface area contributed by atoms with E-state index in [1.807, 2.05) is 0 Å². The SMILES string of the molecule is CC/C=C\C/C=C\C/C=C\C/C=C\C/C=C\CCCCCCCCCCCCCCCCCC(=O)OCC(COC(=O)CCCCCCC)OC(=O)CCCCCCCCCCCCCCCCC/C=C\C/C=C\CCCCCCC. The summed E-state index contributed by atoms with van der Waals surface area (Å²) < 4.78 is 16.8. The molecule has 0 saturated heterocycles. The predicted octanol–water partition coefficient (Wildman–Crippen LogP) is 24.2. The second-order valence-corrected chi connectivity index (χ2v) is 23.4.